The quantitative estimate of drug-likeness (QED) is 0.835. The van der Waals surface area contributed by atoms with E-state index in [0.717, 1.165) is 0 Å². The first kappa shape index (κ1) is 16.4. The maximum Gasteiger partial charge on any atom is 0.339 e. The van der Waals surface area contributed by atoms with Crippen LogP contribution in [0.15, 0.2) is 10.8 Å². The van der Waals surface area contributed by atoms with Gasteiger partial charge in [0.2, 0.25) is 0 Å². The van der Waals surface area contributed by atoms with Crippen LogP contribution in [-0.4, -0.2) is 31.6 Å². The molecule has 0 bridgehead atoms. The fourth-order valence-corrected chi connectivity index (χ4v) is 2.01. The fraction of sp³-hybridized carbons (Fsp3) is 0.429. The molecule has 0 saturated carbocycles. The second-order valence-electron chi connectivity index (χ2n) is 5.90. The number of carbonyl (C=O) groups is 2. The largest absolute Gasteiger partial charge is 0.478 e. The van der Waals surface area contributed by atoms with Crippen molar-refractivity contribution in [3.8, 4) is 0 Å². The van der Waals surface area contributed by atoms with E-state index in [1.165, 1.54) is 10.8 Å². The Morgan fingerprint density at radius 3 is 2.55 bits per heavy atom. The highest BCUT2D eigenvalue weighted by atomic mass is 79.9. The molecule has 118 valence electrons. The topological polar surface area (TPSA) is 94.3 Å². The number of ether oxygens (including phenoxy) is 1. The number of carboxylic acids is 1. The van der Waals surface area contributed by atoms with Crippen LogP contribution in [0.1, 0.15) is 36.8 Å². The third-order valence-corrected chi connectivity index (χ3v) is 3.73. The minimum Gasteiger partial charge on any atom is -0.478 e. The van der Waals surface area contributed by atoms with Crippen LogP contribution in [-0.2, 0) is 16.3 Å². The van der Waals surface area contributed by atoms with Crippen molar-refractivity contribution < 1.29 is 19.4 Å². The molecule has 0 aromatic carbocycles. The molecule has 0 aliphatic heterocycles. The van der Waals surface area contributed by atoms with E-state index in [1.807, 2.05) is 0 Å². The molecule has 7 nitrogen and oxygen atoms in total. The number of halogens is 1. The summed E-state index contributed by atoms with van der Waals surface area (Å²) in [7, 11) is 0. The molecular formula is C14H16BrN3O4. The van der Waals surface area contributed by atoms with E-state index in [4.69, 9.17) is 4.74 Å². The average Bonchev–Trinajstić information content (AvgIpc) is 2.73. The fourth-order valence-electron chi connectivity index (χ4n) is 1.75. The van der Waals surface area contributed by atoms with Crippen molar-refractivity contribution in [3.05, 3.63) is 22.1 Å². The van der Waals surface area contributed by atoms with Gasteiger partial charge in [-0.25, -0.2) is 14.8 Å². The number of esters is 1. The van der Waals surface area contributed by atoms with E-state index in [1.54, 1.807) is 27.7 Å². The number of aromatic carboxylic acids is 1. The van der Waals surface area contributed by atoms with Crippen LogP contribution in [0, 0.1) is 12.3 Å². The maximum atomic E-state index is 11.8. The summed E-state index contributed by atoms with van der Waals surface area (Å²) in [5.74, 6) is -1.50. The predicted molar refractivity (Wildman–Crippen MR) is 82.5 cm³/mol. The SMILES string of the molecule is Cc1nc2c(nc1Br)c(C(=O)O)cn2COC(=O)C(C)(C)C. The number of fused-ring (bicyclic) bond motifs is 1. The van der Waals surface area contributed by atoms with Crippen LogP contribution in [0.5, 0.6) is 0 Å². The molecule has 2 rings (SSSR count). The minimum absolute atomic E-state index is 0.00927. The van der Waals surface area contributed by atoms with Crippen molar-refractivity contribution in [2.45, 2.75) is 34.4 Å². The van der Waals surface area contributed by atoms with Gasteiger partial charge in [0.05, 0.1) is 11.1 Å². The summed E-state index contributed by atoms with van der Waals surface area (Å²) in [5.41, 5.74) is 0.598. The molecule has 0 spiro atoms. The van der Waals surface area contributed by atoms with E-state index in [0.29, 0.717) is 15.9 Å². The summed E-state index contributed by atoms with van der Waals surface area (Å²) >= 11 is 3.24. The zero-order valence-electron chi connectivity index (χ0n) is 12.7. The Morgan fingerprint density at radius 1 is 1.36 bits per heavy atom. The first-order chi connectivity index (χ1) is 10.1. The number of hydrogen-bond acceptors (Lipinski definition) is 5. The van der Waals surface area contributed by atoms with Crippen molar-refractivity contribution in [2.24, 2.45) is 5.41 Å². The van der Waals surface area contributed by atoms with Gasteiger partial charge in [-0.05, 0) is 43.6 Å². The van der Waals surface area contributed by atoms with Crippen molar-refractivity contribution in [1.82, 2.24) is 14.5 Å². The normalized spacial score (nSPS) is 11.7. The summed E-state index contributed by atoms with van der Waals surface area (Å²) in [6.45, 7) is 6.86. The molecule has 0 saturated heterocycles. The lowest BCUT2D eigenvalue weighted by atomic mass is 9.98. The maximum absolute atomic E-state index is 11.8. The smallest absolute Gasteiger partial charge is 0.339 e. The number of rotatable bonds is 3. The molecular weight excluding hydrogens is 354 g/mol. The molecule has 1 N–H and O–H groups in total. The Labute approximate surface area is 135 Å². The van der Waals surface area contributed by atoms with Crippen molar-refractivity contribution in [2.75, 3.05) is 0 Å². The Bertz CT molecular complexity index is 762. The third kappa shape index (κ3) is 3.11. The van der Waals surface area contributed by atoms with E-state index in [2.05, 4.69) is 25.9 Å². The van der Waals surface area contributed by atoms with Gasteiger partial charge in [-0.15, -0.1) is 0 Å². The summed E-state index contributed by atoms with van der Waals surface area (Å²) in [4.78, 5) is 31.7. The predicted octanol–water partition coefficient (Wildman–Crippen LogP) is 2.75. The third-order valence-electron chi connectivity index (χ3n) is 2.98. The lowest BCUT2D eigenvalue weighted by Gasteiger charge is -2.16. The number of aryl methyl sites for hydroxylation is 1. The van der Waals surface area contributed by atoms with Gasteiger partial charge in [0, 0.05) is 6.20 Å². The average molecular weight is 370 g/mol. The van der Waals surface area contributed by atoms with E-state index in [9.17, 15) is 14.7 Å². The van der Waals surface area contributed by atoms with Crippen molar-refractivity contribution >= 4 is 39.0 Å². The minimum atomic E-state index is -1.11. The number of nitrogens with zero attached hydrogens (tertiary/aromatic N) is 3. The highest BCUT2D eigenvalue weighted by Gasteiger charge is 2.24. The highest BCUT2D eigenvalue weighted by molar-refractivity contribution is 9.10. The summed E-state index contributed by atoms with van der Waals surface area (Å²) in [6, 6.07) is 0. The Hall–Kier alpha value is -1.96. The van der Waals surface area contributed by atoms with Crippen LogP contribution in [0.25, 0.3) is 11.2 Å². The van der Waals surface area contributed by atoms with Gasteiger partial charge < -0.3 is 9.84 Å². The summed E-state index contributed by atoms with van der Waals surface area (Å²) in [6.07, 6.45) is 1.37. The molecule has 0 aliphatic carbocycles. The van der Waals surface area contributed by atoms with Gasteiger partial charge in [0.1, 0.15) is 15.7 Å². The monoisotopic (exact) mass is 369 g/mol. The Morgan fingerprint density at radius 2 is 2.00 bits per heavy atom. The first-order valence-corrected chi connectivity index (χ1v) is 7.34. The highest BCUT2D eigenvalue weighted by Crippen LogP contribution is 2.23. The number of carboxylic acid groups (broad SMARTS) is 1. The van der Waals surface area contributed by atoms with Gasteiger partial charge in [-0.2, -0.15) is 0 Å². The first-order valence-electron chi connectivity index (χ1n) is 6.54. The molecule has 0 fully saturated rings. The van der Waals surface area contributed by atoms with Crippen LogP contribution >= 0.6 is 15.9 Å². The van der Waals surface area contributed by atoms with E-state index in [-0.39, 0.29) is 23.8 Å². The Kier molecular flexibility index (Phi) is 4.23. The van der Waals surface area contributed by atoms with Crippen LogP contribution in [0.3, 0.4) is 0 Å². The molecule has 0 unspecified atom stereocenters. The van der Waals surface area contributed by atoms with Crippen molar-refractivity contribution in [3.63, 3.8) is 0 Å². The zero-order valence-corrected chi connectivity index (χ0v) is 14.3. The van der Waals surface area contributed by atoms with E-state index < -0.39 is 11.4 Å². The zero-order chi connectivity index (χ0) is 16.7. The summed E-state index contributed by atoms with van der Waals surface area (Å²) < 4.78 is 7.16. The second-order valence-corrected chi connectivity index (χ2v) is 6.65. The number of carbonyl (C=O) groups excluding carboxylic acids is 1. The molecule has 0 aliphatic rings. The van der Waals surface area contributed by atoms with Gasteiger partial charge in [0.15, 0.2) is 12.4 Å². The van der Waals surface area contributed by atoms with Gasteiger partial charge in [-0.1, -0.05) is 0 Å². The van der Waals surface area contributed by atoms with Crippen LogP contribution in [0.2, 0.25) is 0 Å². The molecule has 0 amide bonds. The van der Waals surface area contributed by atoms with Gasteiger partial charge in [0.25, 0.3) is 0 Å². The second kappa shape index (κ2) is 5.68. The summed E-state index contributed by atoms with van der Waals surface area (Å²) in [5, 5.41) is 9.26. The Balaban J connectivity index is 2.44. The van der Waals surface area contributed by atoms with E-state index >= 15 is 0 Å². The number of hydrogen-bond donors (Lipinski definition) is 1. The van der Waals surface area contributed by atoms with Crippen LogP contribution < -0.4 is 0 Å². The standard InChI is InChI=1S/C14H16BrN3O4/c1-7-10(15)17-9-8(12(19)20)5-18(11(9)16-7)6-22-13(21)14(2,3)4/h5H,6H2,1-4H3,(H,19,20). The molecule has 8 heteroatoms. The molecule has 2 heterocycles. The van der Waals surface area contributed by atoms with Gasteiger partial charge in [-0.3, -0.25) is 9.36 Å². The van der Waals surface area contributed by atoms with Crippen molar-refractivity contribution in [1.29, 1.82) is 0 Å². The number of aromatic nitrogens is 3. The lowest BCUT2D eigenvalue weighted by molar-refractivity contribution is -0.156. The molecule has 0 atom stereocenters. The molecule has 22 heavy (non-hydrogen) atoms. The van der Waals surface area contributed by atoms with Crippen LogP contribution in [0.4, 0.5) is 0 Å². The lowest BCUT2D eigenvalue weighted by Crippen LogP contribution is -2.24. The van der Waals surface area contributed by atoms with Gasteiger partial charge >= 0.3 is 11.9 Å². The molecule has 2 aromatic rings. The molecule has 2 aromatic heterocycles. The molecule has 0 radical (unpaired) electrons.